The van der Waals surface area contributed by atoms with Gasteiger partial charge in [0.15, 0.2) is 5.75 Å². The molecule has 0 saturated carbocycles. The minimum absolute atomic E-state index is 0.128. The van der Waals surface area contributed by atoms with Crippen LogP contribution < -0.4 is 4.72 Å². The number of nitrogens with one attached hydrogen (secondary N) is 1. The molecule has 1 aromatic heterocycles. The van der Waals surface area contributed by atoms with E-state index in [2.05, 4.69) is 4.72 Å². The number of hydrogen-bond acceptors (Lipinski definition) is 4. The van der Waals surface area contributed by atoms with Gasteiger partial charge in [0.1, 0.15) is 5.76 Å². The van der Waals surface area contributed by atoms with Crippen LogP contribution in [0, 0.1) is 0 Å². The van der Waals surface area contributed by atoms with Gasteiger partial charge in [0.2, 0.25) is 10.0 Å². The third-order valence-electron chi connectivity index (χ3n) is 1.59. The van der Waals surface area contributed by atoms with Crippen LogP contribution in [-0.2, 0) is 21.2 Å². The van der Waals surface area contributed by atoms with Crippen molar-refractivity contribution in [1.82, 2.24) is 4.72 Å². The summed E-state index contributed by atoms with van der Waals surface area (Å²) in [5.74, 6) is -1.64. The van der Waals surface area contributed by atoms with Crippen molar-refractivity contribution in [2.24, 2.45) is 0 Å². The standard InChI is InChI=1S/C8H11NO5S/c10-8(11)6-15(12,13)9-4-3-7-2-1-5-14-7/h1-2,5,9H,3-4,6H2,(H,10,11). The molecule has 84 valence electrons. The Kier molecular flexibility index (Phi) is 3.87. The maximum atomic E-state index is 11.0. The van der Waals surface area contributed by atoms with Gasteiger partial charge in [-0.25, -0.2) is 13.1 Å². The summed E-state index contributed by atoms with van der Waals surface area (Å²) in [6.07, 6.45) is 1.88. The van der Waals surface area contributed by atoms with Gasteiger partial charge in [-0.1, -0.05) is 0 Å². The van der Waals surface area contributed by atoms with Crippen molar-refractivity contribution in [2.45, 2.75) is 6.42 Å². The summed E-state index contributed by atoms with van der Waals surface area (Å²) in [5, 5.41) is 8.29. The minimum Gasteiger partial charge on any atom is -0.480 e. The van der Waals surface area contributed by atoms with Crippen molar-refractivity contribution >= 4 is 16.0 Å². The summed E-state index contributed by atoms with van der Waals surface area (Å²) in [7, 11) is -3.73. The molecule has 15 heavy (non-hydrogen) atoms. The number of rotatable bonds is 6. The molecule has 0 saturated heterocycles. The zero-order valence-electron chi connectivity index (χ0n) is 7.84. The van der Waals surface area contributed by atoms with E-state index in [-0.39, 0.29) is 6.54 Å². The highest BCUT2D eigenvalue weighted by molar-refractivity contribution is 7.90. The molecule has 1 aromatic rings. The highest BCUT2D eigenvalue weighted by atomic mass is 32.2. The largest absolute Gasteiger partial charge is 0.480 e. The second-order valence-corrected chi connectivity index (χ2v) is 4.68. The average Bonchev–Trinajstić information content (AvgIpc) is 2.53. The molecule has 0 aliphatic rings. The third kappa shape index (κ3) is 4.61. The van der Waals surface area contributed by atoms with Crippen LogP contribution >= 0.6 is 0 Å². The molecule has 0 fully saturated rings. The molecule has 0 aliphatic carbocycles. The normalized spacial score (nSPS) is 11.5. The van der Waals surface area contributed by atoms with E-state index >= 15 is 0 Å². The third-order valence-corrected chi connectivity index (χ3v) is 2.86. The summed E-state index contributed by atoms with van der Waals surface area (Å²) in [6.45, 7) is 0.128. The Balaban J connectivity index is 2.34. The first-order valence-corrected chi connectivity index (χ1v) is 5.86. The molecule has 0 unspecified atom stereocenters. The highest BCUT2D eigenvalue weighted by Gasteiger charge is 2.14. The lowest BCUT2D eigenvalue weighted by Crippen LogP contribution is -2.31. The highest BCUT2D eigenvalue weighted by Crippen LogP contribution is 1.99. The first-order chi connectivity index (χ1) is 6.99. The Morgan fingerprint density at radius 3 is 2.80 bits per heavy atom. The molecule has 0 spiro atoms. The van der Waals surface area contributed by atoms with Gasteiger partial charge in [-0.05, 0) is 12.1 Å². The predicted molar refractivity (Wildman–Crippen MR) is 51.8 cm³/mol. The van der Waals surface area contributed by atoms with Gasteiger partial charge in [0.25, 0.3) is 0 Å². The van der Waals surface area contributed by atoms with Gasteiger partial charge in [0.05, 0.1) is 6.26 Å². The predicted octanol–water partition coefficient (Wildman–Crippen LogP) is -0.174. The Bertz CT molecular complexity index is 408. The van der Waals surface area contributed by atoms with Crippen LogP contribution in [0.1, 0.15) is 5.76 Å². The number of carbonyl (C=O) groups is 1. The van der Waals surface area contributed by atoms with E-state index in [4.69, 9.17) is 9.52 Å². The smallest absolute Gasteiger partial charge is 0.320 e. The number of aliphatic carboxylic acids is 1. The van der Waals surface area contributed by atoms with Crippen LogP contribution in [0.4, 0.5) is 0 Å². The van der Waals surface area contributed by atoms with Crippen molar-refractivity contribution in [2.75, 3.05) is 12.3 Å². The Hall–Kier alpha value is -1.34. The SMILES string of the molecule is O=C(O)CS(=O)(=O)NCCc1ccco1. The number of carboxylic acids is 1. The fourth-order valence-corrected chi connectivity index (χ4v) is 1.84. The molecule has 0 atom stereocenters. The van der Waals surface area contributed by atoms with Crippen molar-refractivity contribution in [3.8, 4) is 0 Å². The zero-order valence-corrected chi connectivity index (χ0v) is 8.66. The molecule has 6 nitrogen and oxygen atoms in total. The lowest BCUT2D eigenvalue weighted by Gasteiger charge is -2.02. The van der Waals surface area contributed by atoms with Crippen LogP contribution in [0.3, 0.4) is 0 Å². The Labute approximate surface area is 87.0 Å². The number of furan rings is 1. The van der Waals surface area contributed by atoms with E-state index in [1.807, 2.05) is 0 Å². The average molecular weight is 233 g/mol. The molecule has 2 N–H and O–H groups in total. The van der Waals surface area contributed by atoms with Crippen molar-refractivity contribution in [3.63, 3.8) is 0 Å². The van der Waals surface area contributed by atoms with Gasteiger partial charge in [-0.2, -0.15) is 0 Å². The fourth-order valence-electron chi connectivity index (χ4n) is 0.998. The van der Waals surface area contributed by atoms with Crippen LogP contribution in [0.5, 0.6) is 0 Å². The lowest BCUT2D eigenvalue weighted by molar-refractivity contribution is -0.134. The summed E-state index contributed by atoms with van der Waals surface area (Å²) >= 11 is 0. The van der Waals surface area contributed by atoms with Gasteiger partial charge < -0.3 is 9.52 Å². The quantitative estimate of drug-likeness (QED) is 0.710. The van der Waals surface area contributed by atoms with E-state index in [9.17, 15) is 13.2 Å². The Morgan fingerprint density at radius 1 is 1.53 bits per heavy atom. The molecular formula is C8H11NO5S. The van der Waals surface area contributed by atoms with Crippen molar-refractivity contribution < 1.29 is 22.7 Å². The maximum absolute atomic E-state index is 11.0. The van der Waals surface area contributed by atoms with Crippen LogP contribution in [-0.4, -0.2) is 31.8 Å². The molecule has 0 aliphatic heterocycles. The van der Waals surface area contributed by atoms with E-state index < -0.39 is 21.7 Å². The number of sulfonamides is 1. The molecule has 7 heteroatoms. The second-order valence-electron chi connectivity index (χ2n) is 2.88. The zero-order chi connectivity index (χ0) is 11.3. The van der Waals surface area contributed by atoms with Gasteiger partial charge >= 0.3 is 5.97 Å². The first kappa shape index (κ1) is 11.7. The first-order valence-electron chi connectivity index (χ1n) is 4.21. The van der Waals surface area contributed by atoms with E-state index in [0.717, 1.165) is 0 Å². The second kappa shape index (κ2) is 4.94. The summed E-state index contributed by atoms with van der Waals surface area (Å²) in [5.41, 5.74) is 0. The molecule has 0 radical (unpaired) electrons. The van der Waals surface area contributed by atoms with Crippen LogP contribution in [0.25, 0.3) is 0 Å². The molecule has 1 rings (SSSR count). The maximum Gasteiger partial charge on any atom is 0.320 e. The summed E-state index contributed by atoms with van der Waals surface area (Å²) < 4.78 is 29.2. The monoisotopic (exact) mass is 233 g/mol. The van der Waals surface area contributed by atoms with Gasteiger partial charge in [-0.15, -0.1) is 0 Å². The van der Waals surface area contributed by atoms with E-state index in [0.29, 0.717) is 12.2 Å². The topological polar surface area (TPSA) is 96.6 Å². The Morgan fingerprint density at radius 2 is 2.27 bits per heavy atom. The lowest BCUT2D eigenvalue weighted by atomic mass is 10.3. The van der Waals surface area contributed by atoms with Gasteiger partial charge in [-0.3, -0.25) is 4.79 Å². The van der Waals surface area contributed by atoms with Crippen LogP contribution in [0.15, 0.2) is 22.8 Å². The molecular weight excluding hydrogens is 222 g/mol. The molecule has 0 bridgehead atoms. The summed E-state index contributed by atoms with van der Waals surface area (Å²) in [4.78, 5) is 10.2. The minimum atomic E-state index is -3.73. The fraction of sp³-hybridized carbons (Fsp3) is 0.375. The summed E-state index contributed by atoms with van der Waals surface area (Å²) in [6, 6.07) is 3.41. The van der Waals surface area contributed by atoms with Crippen molar-refractivity contribution in [1.29, 1.82) is 0 Å². The van der Waals surface area contributed by atoms with Crippen LogP contribution in [0.2, 0.25) is 0 Å². The van der Waals surface area contributed by atoms with Gasteiger partial charge in [0, 0.05) is 13.0 Å². The van der Waals surface area contributed by atoms with Crippen molar-refractivity contribution in [3.05, 3.63) is 24.2 Å². The molecule has 0 amide bonds. The molecule has 1 heterocycles. The van der Waals surface area contributed by atoms with E-state index in [1.54, 1.807) is 12.1 Å². The molecule has 0 aromatic carbocycles. The number of carboxylic acid groups (broad SMARTS) is 1. The van der Waals surface area contributed by atoms with E-state index in [1.165, 1.54) is 6.26 Å². The number of hydrogen-bond donors (Lipinski definition) is 2.